The SMILES string of the molecule is Cc1cc(C)c(NC(=O)C(C)OC(=O)Cn2c3ccccc3c(=O)c3ccccc32)c(C)c1. The molecule has 4 aromatic rings. The second kappa shape index (κ2) is 8.90. The van der Waals surface area contributed by atoms with Crippen molar-refractivity contribution in [3.05, 3.63) is 87.6 Å². The summed E-state index contributed by atoms with van der Waals surface area (Å²) in [5.41, 5.74) is 4.94. The number of amides is 1. The zero-order valence-corrected chi connectivity index (χ0v) is 19.1. The van der Waals surface area contributed by atoms with Gasteiger partial charge in [0.1, 0.15) is 6.54 Å². The summed E-state index contributed by atoms with van der Waals surface area (Å²) in [5.74, 6) is -0.956. The minimum Gasteiger partial charge on any atom is -0.451 e. The van der Waals surface area contributed by atoms with Crippen molar-refractivity contribution in [2.45, 2.75) is 40.3 Å². The molecule has 0 fully saturated rings. The Kier molecular flexibility index (Phi) is 6.01. The van der Waals surface area contributed by atoms with E-state index < -0.39 is 18.0 Å². The Morgan fingerprint density at radius 3 is 1.97 bits per heavy atom. The van der Waals surface area contributed by atoms with Crippen molar-refractivity contribution in [3.8, 4) is 0 Å². The maximum Gasteiger partial charge on any atom is 0.326 e. The average molecular weight is 443 g/mol. The molecule has 1 aromatic heterocycles. The quantitative estimate of drug-likeness (QED) is 0.361. The summed E-state index contributed by atoms with van der Waals surface area (Å²) in [5, 5.41) is 3.93. The number of ether oxygens (including phenoxy) is 1. The van der Waals surface area contributed by atoms with Crippen molar-refractivity contribution >= 4 is 39.4 Å². The van der Waals surface area contributed by atoms with Gasteiger partial charge < -0.3 is 14.6 Å². The number of carbonyl (C=O) groups is 2. The molecule has 0 aliphatic carbocycles. The van der Waals surface area contributed by atoms with Crippen LogP contribution in [0.4, 0.5) is 5.69 Å². The van der Waals surface area contributed by atoms with E-state index in [1.807, 2.05) is 45.0 Å². The zero-order chi connectivity index (χ0) is 23.7. The number of rotatable bonds is 5. The van der Waals surface area contributed by atoms with Gasteiger partial charge in [0.2, 0.25) is 0 Å². The predicted octanol–water partition coefficient (Wildman–Crippen LogP) is 4.65. The van der Waals surface area contributed by atoms with Gasteiger partial charge in [0.05, 0.1) is 11.0 Å². The predicted molar refractivity (Wildman–Crippen MR) is 131 cm³/mol. The maximum atomic E-state index is 12.9. The highest BCUT2D eigenvalue weighted by atomic mass is 16.5. The molecule has 3 aromatic carbocycles. The number of fused-ring (bicyclic) bond motifs is 2. The fraction of sp³-hybridized carbons (Fsp3) is 0.222. The third-order valence-electron chi connectivity index (χ3n) is 5.77. The number of pyridine rings is 1. The Bertz CT molecular complexity index is 1370. The molecule has 0 radical (unpaired) electrons. The number of nitrogens with one attached hydrogen (secondary N) is 1. The maximum absolute atomic E-state index is 12.9. The van der Waals surface area contributed by atoms with Gasteiger partial charge in [-0.1, -0.05) is 42.0 Å². The van der Waals surface area contributed by atoms with Crippen LogP contribution in [0.2, 0.25) is 0 Å². The Labute approximate surface area is 191 Å². The molecule has 1 atom stereocenters. The van der Waals surface area contributed by atoms with Gasteiger partial charge in [-0.15, -0.1) is 0 Å². The van der Waals surface area contributed by atoms with Crippen LogP contribution >= 0.6 is 0 Å². The molecular weight excluding hydrogens is 416 g/mol. The topological polar surface area (TPSA) is 77.4 Å². The summed E-state index contributed by atoms with van der Waals surface area (Å²) in [4.78, 5) is 38.4. The van der Waals surface area contributed by atoms with Crippen LogP contribution in [0.15, 0.2) is 65.5 Å². The monoisotopic (exact) mass is 442 g/mol. The summed E-state index contributed by atoms with van der Waals surface area (Å²) in [6, 6.07) is 18.3. The van der Waals surface area contributed by atoms with Gasteiger partial charge in [-0.2, -0.15) is 0 Å². The summed E-state index contributed by atoms with van der Waals surface area (Å²) < 4.78 is 7.23. The van der Waals surface area contributed by atoms with Crippen LogP contribution in [0.25, 0.3) is 21.8 Å². The van der Waals surface area contributed by atoms with E-state index in [9.17, 15) is 14.4 Å². The van der Waals surface area contributed by atoms with Gasteiger partial charge in [-0.25, -0.2) is 0 Å². The lowest BCUT2D eigenvalue weighted by Crippen LogP contribution is -2.32. The lowest BCUT2D eigenvalue weighted by Gasteiger charge is -2.18. The number of hydrogen-bond donors (Lipinski definition) is 1. The molecule has 1 N–H and O–H groups in total. The first-order valence-electron chi connectivity index (χ1n) is 10.8. The lowest BCUT2D eigenvalue weighted by atomic mass is 10.0. The molecule has 0 saturated carbocycles. The summed E-state index contributed by atoms with van der Waals surface area (Å²) >= 11 is 0. The van der Waals surface area contributed by atoms with Gasteiger partial charge in [0.15, 0.2) is 11.5 Å². The van der Waals surface area contributed by atoms with E-state index in [0.29, 0.717) is 21.8 Å². The molecule has 0 aliphatic heterocycles. The normalized spacial score (nSPS) is 12.0. The number of benzene rings is 3. The number of aromatic nitrogens is 1. The van der Waals surface area contributed by atoms with E-state index in [0.717, 1.165) is 22.4 Å². The van der Waals surface area contributed by atoms with E-state index in [1.54, 1.807) is 47.9 Å². The van der Waals surface area contributed by atoms with Crippen LogP contribution in [0.5, 0.6) is 0 Å². The fourth-order valence-corrected chi connectivity index (χ4v) is 4.27. The van der Waals surface area contributed by atoms with Crippen LogP contribution < -0.4 is 10.7 Å². The molecule has 1 unspecified atom stereocenters. The van der Waals surface area contributed by atoms with E-state index in [1.165, 1.54) is 0 Å². The number of para-hydroxylation sites is 2. The van der Waals surface area contributed by atoms with Crippen molar-refractivity contribution in [1.82, 2.24) is 4.57 Å². The van der Waals surface area contributed by atoms with Gasteiger partial charge in [0.25, 0.3) is 5.91 Å². The first-order chi connectivity index (χ1) is 15.8. The second-order valence-electron chi connectivity index (χ2n) is 8.34. The van der Waals surface area contributed by atoms with Crippen molar-refractivity contribution in [1.29, 1.82) is 0 Å². The number of anilines is 1. The molecule has 6 heteroatoms. The Morgan fingerprint density at radius 2 is 1.42 bits per heavy atom. The highest BCUT2D eigenvalue weighted by Gasteiger charge is 2.21. The smallest absolute Gasteiger partial charge is 0.326 e. The Hall–Kier alpha value is -3.93. The number of esters is 1. The van der Waals surface area contributed by atoms with Crippen molar-refractivity contribution in [2.24, 2.45) is 0 Å². The van der Waals surface area contributed by atoms with Gasteiger partial charge >= 0.3 is 5.97 Å². The molecule has 168 valence electrons. The lowest BCUT2D eigenvalue weighted by molar-refractivity contribution is -0.153. The van der Waals surface area contributed by atoms with Crippen molar-refractivity contribution in [2.75, 3.05) is 5.32 Å². The molecule has 1 heterocycles. The Morgan fingerprint density at radius 1 is 0.909 bits per heavy atom. The van der Waals surface area contributed by atoms with Gasteiger partial charge in [-0.05, 0) is 63.1 Å². The molecule has 6 nitrogen and oxygen atoms in total. The van der Waals surface area contributed by atoms with Crippen LogP contribution in [-0.4, -0.2) is 22.5 Å². The van der Waals surface area contributed by atoms with E-state index >= 15 is 0 Å². The van der Waals surface area contributed by atoms with Crippen LogP contribution in [0.3, 0.4) is 0 Å². The number of aryl methyl sites for hydroxylation is 3. The largest absolute Gasteiger partial charge is 0.451 e. The first-order valence-corrected chi connectivity index (χ1v) is 10.8. The van der Waals surface area contributed by atoms with E-state index in [2.05, 4.69) is 5.32 Å². The zero-order valence-electron chi connectivity index (χ0n) is 19.1. The molecule has 1 amide bonds. The second-order valence-corrected chi connectivity index (χ2v) is 8.34. The van der Waals surface area contributed by atoms with Crippen molar-refractivity contribution < 1.29 is 14.3 Å². The number of nitrogens with zero attached hydrogens (tertiary/aromatic N) is 1. The fourth-order valence-electron chi connectivity index (χ4n) is 4.27. The summed E-state index contributed by atoms with van der Waals surface area (Å²) in [6.45, 7) is 7.29. The summed E-state index contributed by atoms with van der Waals surface area (Å²) in [6.07, 6.45) is -0.977. The van der Waals surface area contributed by atoms with Crippen LogP contribution in [-0.2, 0) is 20.9 Å². The van der Waals surface area contributed by atoms with Crippen LogP contribution in [0, 0.1) is 20.8 Å². The molecule has 0 spiro atoms. The number of hydrogen-bond acceptors (Lipinski definition) is 4. The molecule has 33 heavy (non-hydrogen) atoms. The third-order valence-corrected chi connectivity index (χ3v) is 5.77. The molecular formula is C27H26N2O4. The van der Waals surface area contributed by atoms with Gasteiger partial charge in [0, 0.05) is 16.5 Å². The average Bonchev–Trinajstić information content (AvgIpc) is 2.78. The van der Waals surface area contributed by atoms with Gasteiger partial charge in [-0.3, -0.25) is 14.4 Å². The van der Waals surface area contributed by atoms with E-state index in [-0.39, 0.29) is 12.0 Å². The molecule has 0 aliphatic rings. The van der Waals surface area contributed by atoms with Crippen LogP contribution in [0.1, 0.15) is 23.6 Å². The molecule has 4 rings (SSSR count). The summed E-state index contributed by atoms with van der Waals surface area (Å²) in [7, 11) is 0. The third kappa shape index (κ3) is 4.37. The van der Waals surface area contributed by atoms with E-state index in [4.69, 9.17) is 4.74 Å². The standard InChI is InChI=1S/C27H26N2O4/c1-16-13-17(2)25(18(3)14-16)28-27(32)19(4)33-24(30)15-29-22-11-7-5-9-20(22)26(31)21-10-6-8-12-23(21)29/h5-14,19H,15H2,1-4H3,(H,28,32). The minimum absolute atomic E-state index is 0.0811. The highest BCUT2D eigenvalue weighted by molar-refractivity contribution is 5.97. The first kappa shape index (κ1) is 22.3. The molecule has 0 bridgehead atoms. The molecule has 0 saturated heterocycles. The number of carbonyl (C=O) groups excluding carboxylic acids is 2. The van der Waals surface area contributed by atoms with Crippen molar-refractivity contribution in [3.63, 3.8) is 0 Å². The minimum atomic E-state index is -0.977. The highest BCUT2D eigenvalue weighted by Crippen LogP contribution is 2.23. The Balaban J connectivity index is 1.57.